The fourth-order valence-corrected chi connectivity index (χ4v) is 3.99. The molecule has 3 N–H and O–H groups in total. The summed E-state index contributed by atoms with van der Waals surface area (Å²) in [5.41, 5.74) is 8.14. The topological polar surface area (TPSA) is 138 Å². The van der Waals surface area contributed by atoms with Gasteiger partial charge in [0, 0.05) is 12.5 Å². The van der Waals surface area contributed by atoms with Crippen LogP contribution < -0.4 is 16.6 Å². The summed E-state index contributed by atoms with van der Waals surface area (Å²) in [6.07, 6.45) is 1.34. The van der Waals surface area contributed by atoms with Gasteiger partial charge in [-0.3, -0.25) is 9.36 Å². The number of nitrogens with one attached hydrogen (secondary N) is 1. The third-order valence-corrected chi connectivity index (χ3v) is 5.55. The Balaban J connectivity index is 1.70. The summed E-state index contributed by atoms with van der Waals surface area (Å²) in [5.74, 6) is 7.50. The molecule has 0 unspecified atom stereocenters. The van der Waals surface area contributed by atoms with E-state index in [9.17, 15) is 4.79 Å². The lowest BCUT2D eigenvalue weighted by atomic mass is 10.1. The number of rotatable bonds is 5. The Morgan fingerprint density at radius 2 is 1.89 bits per heavy atom. The Morgan fingerprint density at radius 1 is 1.08 bits per heavy atom. The Bertz CT molecular complexity index is 1700. The van der Waals surface area contributed by atoms with Crippen LogP contribution in [0.2, 0.25) is 0 Å². The smallest absolute Gasteiger partial charge is 0.267 e. The quantitative estimate of drug-likeness (QED) is 0.362. The first-order chi connectivity index (χ1) is 17.5. The van der Waals surface area contributed by atoms with Crippen molar-refractivity contribution in [3.8, 4) is 29.0 Å². The minimum absolute atomic E-state index is 0.179. The molecule has 5 rings (SSSR count). The normalized spacial score (nSPS) is 11.6. The molecule has 0 aliphatic carbocycles. The van der Waals surface area contributed by atoms with Crippen LogP contribution in [0.3, 0.4) is 0 Å². The Morgan fingerprint density at radius 3 is 2.61 bits per heavy atom. The third-order valence-electron chi connectivity index (χ3n) is 5.55. The van der Waals surface area contributed by atoms with Gasteiger partial charge in [-0.05, 0) is 38.1 Å². The Labute approximate surface area is 206 Å². The zero-order valence-corrected chi connectivity index (χ0v) is 19.9. The van der Waals surface area contributed by atoms with Gasteiger partial charge in [-0.25, -0.2) is 15.0 Å². The van der Waals surface area contributed by atoms with Crippen LogP contribution in [-0.2, 0) is 0 Å². The number of nitrogens with two attached hydrogens (primary N) is 1. The predicted molar refractivity (Wildman–Crippen MR) is 136 cm³/mol. The maximum absolute atomic E-state index is 13.9. The van der Waals surface area contributed by atoms with Crippen molar-refractivity contribution in [1.29, 1.82) is 0 Å². The maximum atomic E-state index is 13.9. The second-order valence-corrected chi connectivity index (χ2v) is 8.00. The first-order valence-corrected chi connectivity index (χ1v) is 11.2. The van der Waals surface area contributed by atoms with Gasteiger partial charge in [0.25, 0.3) is 11.4 Å². The van der Waals surface area contributed by atoms with E-state index in [0.29, 0.717) is 45.3 Å². The number of aryl methyl sites for hydroxylation is 1. The molecule has 1 atom stereocenters. The number of aromatic nitrogens is 6. The van der Waals surface area contributed by atoms with Gasteiger partial charge in [-0.2, -0.15) is 0 Å². The van der Waals surface area contributed by atoms with Crippen molar-refractivity contribution in [3.05, 3.63) is 82.5 Å². The van der Waals surface area contributed by atoms with E-state index in [0.717, 1.165) is 0 Å². The van der Waals surface area contributed by atoms with E-state index in [1.807, 2.05) is 49.4 Å². The van der Waals surface area contributed by atoms with Crippen molar-refractivity contribution in [2.75, 3.05) is 11.1 Å². The summed E-state index contributed by atoms with van der Waals surface area (Å²) in [4.78, 5) is 27.2. The largest absolute Gasteiger partial charge is 0.421 e. The van der Waals surface area contributed by atoms with E-state index in [1.165, 1.54) is 6.33 Å². The second kappa shape index (κ2) is 9.31. The minimum Gasteiger partial charge on any atom is -0.421 e. The zero-order valence-electron chi connectivity index (χ0n) is 19.9. The predicted octanol–water partition coefficient (Wildman–Crippen LogP) is 3.66. The highest BCUT2D eigenvalue weighted by Gasteiger charge is 2.23. The molecule has 36 heavy (non-hydrogen) atoms. The molecule has 0 aliphatic rings. The zero-order chi connectivity index (χ0) is 25.2. The van der Waals surface area contributed by atoms with Gasteiger partial charge in [0.15, 0.2) is 0 Å². The van der Waals surface area contributed by atoms with Crippen molar-refractivity contribution >= 4 is 22.5 Å². The lowest BCUT2D eigenvalue weighted by Crippen LogP contribution is -2.28. The van der Waals surface area contributed by atoms with Crippen molar-refractivity contribution in [2.24, 2.45) is 0 Å². The molecule has 10 heteroatoms. The van der Waals surface area contributed by atoms with Crippen LogP contribution in [0.15, 0.2) is 64.1 Å². The number of nitrogen functional groups attached to an aromatic ring is 1. The lowest BCUT2D eigenvalue weighted by molar-refractivity contribution is 0.532. The molecule has 0 radical (unpaired) electrons. The van der Waals surface area contributed by atoms with E-state index in [4.69, 9.17) is 15.1 Å². The average Bonchev–Trinajstić information content (AvgIpc) is 3.30. The van der Waals surface area contributed by atoms with Gasteiger partial charge >= 0.3 is 0 Å². The number of para-hydroxylation sites is 1. The fraction of sp³-hybridized carbons (Fsp3) is 0.154. The minimum atomic E-state index is -0.486. The van der Waals surface area contributed by atoms with E-state index >= 15 is 0 Å². The monoisotopic (exact) mass is 478 g/mol. The summed E-state index contributed by atoms with van der Waals surface area (Å²) < 4.78 is 7.16. The van der Waals surface area contributed by atoms with E-state index < -0.39 is 6.04 Å². The Kier molecular flexibility index (Phi) is 5.88. The number of fused-ring (bicyclic) bond motifs is 1. The van der Waals surface area contributed by atoms with Gasteiger partial charge in [0.05, 0.1) is 22.6 Å². The summed E-state index contributed by atoms with van der Waals surface area (Å²) in [5, 5.41) is 11.7. The van der Waals surface area contributed by atoms with Crippen molar-refractivity contribution < 1.29 is 4.42 Å². The van der Waals surface area contributed by atoms with E-state index in [2.05, 4.69) is 37.3 Å². The molecule has 3 heterocycles. The van der Waals surface area contributed by atoms with Gasteiger partial charge in [-0.1, -0.05) is 30.2 Å². The molecule has 3 aromatic heterocycles. The summed E-state index contributed by atoms with van der Waals surface area (Å²) in [7, 11) is 0. The molecule has 2 aromatic carbocycles. The second-order valence-electron chi connectivity index (χ2n) is 8.00. The summed E-state index contributed by atoms with van der Waals surface area (Å²) >= 11 is 0. The highest BCUT2D eigenvalue weighted by Crippen LogP contribution is 2.32. The van der Waals surface area contributed by atoms with Crippen LogP contribution in [0.5, 0.6) is 0 Å². The van der Waals surface area contributed by atoms with Gasteiger partial charge in [0.1, 0.15) is 29.4 Å². The first-order valence-electron chi connectivity index (χ1n) is 11.2. The van der Waals surface area contributed by atoms with E-state index in [-0.39, 0.29) is 17.3 Å². The highest BCUT2D eigenvalue weighted by molar-refractivity contribution is 5.85. The van der Waals surface area contributed by atoms with Crippen molar-refractivity contribution in [1.82, 2.24) is 29.7 Å². The molecule has 0 saturated heterocycles. The number of benzene rings is 2. The van der Waals surface area contributed by atoms with Crippen LogP contribution in [0.1, 0.15) is 37.2 Å². The van der Waals surface area contributed by atoms with Gasteiger partial charge in [0.2, 0.25) is 5.89 Å². The standard InChI is InChI=1S/C26H22N8O2/c1-4-9-17-10-8-13-19-20(17)26(35)34(18-11-6-5-7-12-18)24(31-19)15(2)30-23-21(22(27)28-14-29-23)25-33-32-16(3)36-25/h5-8,10-15H,1-3H3,(H3,27,28,29,30)/t15-/m0/s1. The Hall–Kier alpha value is -5.04. The van der Waals surface area contributed by atoms with Crippen molar-refractivity contribution in [2.45, 2.75) is 26.8 Å². The first kappa shape index (κ1) is 22.7. The molecule has 0 aliphatic heterocycles. The number of anilines is 2. The van der Waals surface area contributed by atoms with Gasteiger partial charge < -0.3 is 15.5 Å². The van der Waals surface area contributed by atoms with E-state index in [1.54, 1.807) is 24.5 Å². The van der Waals surface area contributed by atoms with Crippen LogP contribution in [0.4, 0.5) is 11.6 Å². The fourth-order valence-electron chi connectivity index (χ4n) is 3.99. The number of hydrogen-bond donors (Lipinski definition) is 2. The lowest BCUT2D eigenvalue weighted by Gasteiger charge is -2.21. The summed E-state index contributed by atoms with van der Waals surface area (Å²) in [6, 6.07) is 14.3. The SMILES string of the molecule is CC#Cc1cccc2nc([C@H](C)Nc3ncnc(N)c3-c3nnc(C)o3)n(-c3ccccc3)c(=O)c12. The van der Waals surface area contributed by atoms with Crippen molar-refractivity contribution in [3.63, 3.8) is 0 Å². The van der Waals surface area contributed by atoms with Crippen LogP contribution in [0.25, 0.3) is 28.0 Å². The van der Waals surface area contributed by atoms with Gasteiger partial charge in [-0.15, -0.1) is 16.1 Å². The molecular weight excluding hydrogens is 456 g/mol. The molecule has 0 fully saturated rings. The molecule has 0 bridgehead atoms. The van der Waals surface area contributed by atoms with Crippen LogP contribution in [0, 0.1) is 18.8 Å². The van der Waals surface area contributed by atoms with Crippen LogP contribution >= 0.6 is 0 Å². The molecular formula is C26H22N8O2. The maximum Gasteiger partial charge on any atom is 0.267 e. The number of nitrogens with zero attached hydrogens (tertiary/aromatic N) is 6. The summed E-state index contributed by atoms with van der Waals surface area (Å²) in [6.45, 7) is 5.29. The molecule has 178 valence electrons. The molecule has 5 aromatic rings. The average molecular weight is 479 g/mol. The van der Waals surface area contributed by atoms with Crippen LogP contribution in [-0.4, -0.2) is 29.7 Å². The molecule has 0 saturated carbocycles. The molecule has 0 amide bonds. The number of hydrogen-bond acceptors (Lipinski definition) is 9. The molecule has 10 nitrogen and oxygen atoms in total. The third kappa shape index (κ3) is 4.03. The molecule has 0 spiro atoms. The highest BCUT2D eigenvalue weighted by atomic mass is 16.4.